The van der Waals surface area contributed by atoms with Crippen molar-refractivity contribution in [1.82, 2.24) is 5.43 Å². The molecule has 0 aliphatic heterocycles. The normalized spacial score (nSPS) is 35.5. The van der Waals surface area contributed by atoms with E-state index in [2.05, 4.69) is 34.6 Å². The highest BCUT2D eigenvalue weighted by atomic mass is 16.5. The lowest BCUT2D eigenvalue weighted by molar-refractivity contribution is -0.0972. The molecular weight excluding hydrogens is 312 g/mol. The van der Waals surface area contributed by atoms with Gasteiger partial charge in [-0.2, -0.15) is 0 Å². The second kappa shape index (κ2) is 8.28. The second-order valence-corrected chi connectivity index (χ2v) is 9.81. The summed E-state index contributed by atoms with van der Waals surface area (Å²) in [6.07, 6.45) is 9.92. The molecule has 146 valence electrons. The summed E-state index contributed by atoms with van der Waals surface area (Å²) in [7, 11) is 0. The maximum Gasteiger partial charge on any atom is 0.421 e. The van der Waals surface area contributed by atoms with Crippen LogP contribution in [-0.4, -0.2) is 12.7 Å². The van der Waals surface area contributed by atoms with Crippen molar-refractivity contribution in [2.45, 2.75) is 86.0 Å². The van der Waals surface area contributed by atoms with Crippen molar-refractivity contribution in [3.63, 3.8) is 0 Å². The van der Waals surface area contributed by atoms with Gasteiger partial charge >= 0.3 is 6.09 Å². The number of ether oxygens (including phenoxy) is 1. The number of fused-ring (bicyclic) bond motifs is 1. The van der Waals surface area contributed by atoms with Crippen LogP contribution in [0, 0.1) is 34.5 Å². The molecule has 2 aliphatic carbocycles. The monoisotopic (exact) mass is 352 g/mol. The van der Waals surface area contributed by atoms with Crippen LogP contribution in [0.25, 0.3) is 0 Å². The molecule has 0 unspecified atom stereocenters. The van der Waals surface area contributed by atoms with E-state index in [0.29, 0.717) is 23.4 Å². The van der Waals surface area contributed by atoms with Crippen LogP contribution in [0.3, 0.4) is 0 Å². The molecule has 0 aromatic rings. The quantitative estimate of drug-likeness (QED) is 0.389. The Morgan fingerprint density at radius 1 is 1.24 bits per heavy atom. The predicted molar refractivity (Wildman–Crippen MR) is 103 cm³/mol. The van der Waals surface area contributed by atoms with Crippen LogP contribution >= 0.6 is 0 Å². The number of hydrogen-bond donors (Lipinski definition) is 2. The minimum atomic E-state index is -0.534. The molecule has 0 radical (unpaired) electrons. The minimum Gasteiger partial charge on any atom is -0.449 e. The van der Waals surface area contributed by atoms with E-state index in [1.54, 1.807) is 0 Å². The van der Waals surface area contributed by atoms with E-state index in [-0.39, 0.29) is 0 Å². The van der Waals surface area contributed by atoms with E-state index in [1.807, 2.05) is 5.43 Å². The van der Waals surface area contributed by atoms with Crippen LogP contribution in [0.5, 0.6) is 0 Å². The first-order chi connectivity index (χ1) is 11.7. The molecule has 2 rings (SSSR count). The van der Waals surface area contributed by atoms with Gasteiger partial charge in [0.25, 0.3) is 0 Å². The van der Waals surface area contributed by atoms with E-state index >= 15 is 0 Å². The number of nitrogens with one attached hydrogen (secondary N) is 1. The Morgan fingerprint density at radius 3 is 2.64 bits per heavy atom. The highest BCUT2D eigenvalue weighted by molar-refractivity contribution is 5.66. The van der Waals surface area contributed by atoms with Crippen LogP contribution in [0.1, 0.15) is 86.0 Å². The second-order valence-electron chi connectivity index (χ2n) is 9.81. The largest absolute Gasteiger partial charge is 0.449 e. The molecule has 0 aromatic carbocycles. The highest BCUT2D eigenvalue weighted by Gasteiger charge is 2.53. The predicted octanol–water partition coefficient (Wildman–Crippen LogP) is 5.27. The van der Waals surface area contributed by atoms with Crippen LogP contribution in [0.2, 0.25) is 0 Å². The van der Waals surface area contributed by atoms with Crippen molar-refractivity contribution in [3.8, 4) is 0 Å². The van der Waals surface area contributed by atoms with Gasteiger partial charge in [-0.1, -0.05) is 53.9 Å². The minimum absolute atomic E-state index is 0.456. The van der Waals surface area contributed by atoms with Gasteiger partial charge in [-0.05, 0) is 66.6 Å². The van der Waals surface area contributed by atoms with Gasteiger partial charge in [0.1, 0.15) is 0 Å². The summed E-state index contributed by atoms with van der Waals surface area (Å²) in [5.41, 5.74) is 3.02. The van der Waals surface area contributed by atoms with Crippen molar-refractivity contribution < 1.29 is 9.53 Å². The van der Waals surface area contributed by atoms with Gasteiger partial charge in [0.2, 0.25) is 0 Å². The Balaban J connectivity index is 1.91. The van der Waals surface area contributed by atoms with Crippen LogP contribution in [0.4, 0.5) is 4.79 Å². The first-order valence-corrected chi connectivity index (χ1v) is 10.3. The van der Waals surface area contributed by atoms with E-state index < -0.39 is 6.09 Å². The lowest BCUT2D eigenvalue weighted by Crippen LogP contribution is -2.51. The van der Waals surface area contributed by atoms with Gasteiger partial charge in [-0.25, -0.2) is 10.6 Å². The van der Waals surface area contributed by atoms with Gasteiger partial charge in [-0.3, -0.25) is 5.43 Å². The SMILES string of the molecule is C[C@H](CCOC(=O)NN)CC[C@H]1[C@@H](C)CC[C@H]2C(C)(C)CCC[C@]12C. The fourth-order valence-electron chi connectivity index (χ4n) is 6.23. The van der Waals surface area contributed by atoms with Gasteiger partial charge in [-0.15, -0.1) is 0 Å². The molecule has 4 heteroatoms. The number of carbonyl (C=O) groups is 1. The van der Waals surface area contributed by atoms with E-state index in [4.69, 9.17) is 10.6 Å². The lowest BCUT2D eigenvalue weighted by Gasteiger charge is -2.59. The third-order valence-corrected chi connectivity index (χ3v) is 7.65. The van der Waals surface area contributed by atoms with Crippen molar-refractivity contribution in [1.29, 1.82) is 0 Å². The highest BCUT2D eigenvalue weighted by Crippen LogP contribution is 2.62. The average molecular weight is 353 g/mol. The number of hydrazine groups is 1. The fourth-order valence-corrected chi connectivity index (χ4v) is 6.23. The van der Waals surface area contributed by atoms with Gasteiger partial charge in [0.15, 0.2) is 0 Å². The van der Waals surface area contributed by atoms with Crippen molar-refractivity contribution in [3.05, 3.63) is 0 Å². The molecule has 5 atom stereocenters. The van der Waals surface area contributed by atoms with Gasteiger partial charge in [0, 0.05) is 0 Å². The summed E-state index contributed by atoms with van der Waals surface area (Å²) in [6.45, 7) is 12.8. The standard InChI is InChI=1S/C21H40N2O2/c1-15(11-14-25-19(24)23-22)7-9-17-16(2)8-10-18-20(3,4)12-6-13-21(17,18)5/h15-18H,6-14,22H2,1-5H3,(H,23,24)/t15-,16-,17-,18-,21+/m0/s1. The first kappa shape index (κ1) is 20.5. The smallest absolute Gasteiger partial charge is 0.421 e. The molecule has 2 aliphatic rings. The average Bonchev–Trinajstić information content (AvgIpc) is 2.53. The maximum absolute atomic E-state index is 11.0. The number of nitrogens with two attached hydrogens (primary N) is 1. The summed E-state index contributed by atoms with van der Waals surface area (Å²) in [4.78, 5) is 11.0. The van der Waals surface area contributed by atoms with Crippen molar-refractivity contribution in [2.75, 3.05) is 6.61 Å². The van der Waals surface area contributed by atoms with E-state index in [9.17, 15) is 4.79 Å². The molecule has 0 bridgehead atoms. The zero-order valence-electron chi connectivity index (χ0n) is 17.1. The number of hydrogen-bond acceptors (Lipinski definition) is 3. The number of carbonyl (C=O) groups excluding carboxylic acids is 1. The molecule has 0 aromatic heterocycles. The van der Waals surface area contributed by atoms with Crippen LogP contribution in [0.15, 0.2) is 0 Å². The number of rotatable bonds is 6. The third-order valence-electron chi connectivity index (χ3n) is 7.65. The topological polar surface area (TPSA) is 64.3 Å². The van der Waals surface area contributed by atoms with Gasteiger partial charge < -0.3 is 4.74 Å². The molecule has 0 heterocycles. The Hall–Kier alpha value is -0.770. The third kappa shape index (κ3) is 4.69. The zero-order valence-corrected chi connectivity index (χ0v) is 17.1. The molecule has 4 nitrogen and oxygen atoms in total. The summed E-state index contributed by atoms with van der Waals surface area (Å²) in [5.74, 6) is 8.16. The Labute approximate surface area is 154 Å². The van der Waals surface area contributed by atoms with E-state index in [1.165, 1.54) is 44.9 Å². The molecule has 0 saturated heterocycles. The molecule has 25 heavy (non-hydrogen) atoms. The molecule has 2 saturated carbocycles. The number of amides is 1. The molecule has 0 spiro atoms. The van der Waals surface area contributed by atoms with Gasteiger partial charge in [0.05, 0.1) is 6.61 Å². The Morgan fingerprint density at radius 2 is 1.96 bits per heavy atom. The summed E-state index contributed by atoms with van der Waals surface area (Å²) >= 11 is 0. The molecular formula is C21H40N2O2. The first-order valence-electron chi connectivity index (χ1n) is 10.3. The zero-order chi connectivity index (χ0) is 18.7. The summed E-state index contributed by atoms with van der Waals surface area (Å²) < 4.78 is 5.03. The van der Waals surface area contributed by atoms with Crippen molar-refractivity contribution >= 4 is 6.09 Å². The molecule has 3 N–H and O–H groups in total. The summed E-state index contributed by atoms with van der Waals surface area (Å²) in [6, 6.07) is 0. The van der Waals surface area contributed by atoms with Crippen molar-refractivity contribution in [2.24, 2.45) is 40.3 Å². The molecule has 1 amide bonds. The fraction of sp³-hybridized carbons (Fsp3) is 0.952. The Bertz CT molecular complexity index is 451. The van der Waals surface area contributed by atoms with Crippen LogP contribution < -0.4 is 11.3 Å². The summed E-state index contributed by atoms with van der Waals surface area (Å²) in [5, 5.41) is 0. The van der Waals surface area contributed by atoms with Crippen LogP contribution in [-0.2, 0) is 4.74 Å². The lowest BCUT2D eigenvalue weighted by atomic mass is 9.46. The molecule has 2 fully saturated rings. The Kier molecular flexibility index (Phi) is 6.80. The maximum atomic E-state index is 11.0. The van der Waals surface area contributed by atoms with E-state index in [0.717, 1.165) is 24.2 Å².